The number of hydrogen-bond acceptors (Lipinski definition) is 6. The minimum atomic E-state index is -0.965. The first-order valence-corrected chi connectivity index (χ1v) is 9.13. The molecule has 1 heterocycles. The van der Waals surface area contributed by atoms with Crippen molar-refractivity contribution in [3.63, 3.8) is 0 Å². The first-order valence-electron chi connectivity index (χ1n) is 9.13. The SMILES string of the molecule is CCOC(=O)c1nn(-c2ccccc2)c(=O)cc1OCC(=O)Nc1ccc(F)cc1F. The van der Waals surface area contributed by atoms with Crippen LogP contribution in [-0.4, -0.2) is 34.9 Å². The van der Waals surface area contributed by atoms with Crippen molar-refractivity contribution in [3.8, 4) is 11.4 Å². The number of para-hydroxylation sites is 1. The molecule has 1 amide bonds. The van der Waals surface area contributed by atoms with Gasteiger partial charge in [-0.1, -0.05) is 18.2 Å². The summed E-state index contributed by atoms with van der Waals surface area (Å²) >= 11 is 0. The molecule has 0 spiro atoms. The molecule has 31 heavy (non-hydrogen) atoms. The highest BCUT2D eigenvalue weighted by molar-refractivity contribution is 5.93. The highest BCUT2D eigenvalue weighted by Crippen LogP contribution is 2.18. The Kier molecular flexibility index (Phi) is 6.71. The third-order valence-corrected chi connectivity index (χ3v) is 3.93. The standard InChI is InChI=1S/C21H17F2N3O5/c1-2-30-21(29)20-17(11-19(28)26(25-20)14-6-4-3-5-7-14)31-12-18(27)24-16-9-8-13(22)10-15(16)23/h3-11H,2,12H2,1H3,(H,24,27). The molecule has 0 saturated carbocycles. The molecule has 3 aromatic rings. The van der Waals surface area contributed by atoms with Crippen molar-refractivity contribution in [1.82, 2.24) is 9.78 Å². The van der Waals surface area contributed by atoms with Crippen LogP contribution in [0.1, 0.15) is 17.4 Å². The zero-order chi connectivity index (χ0) is 22.4. The second kappa shape index (κ2) is 9.61. The number of hydrogen-bond donors (Lipinski definition) is 1. The van der Waals surface area contributed by atoms with E-state index < -0.39 is 35.7 Å². The van der Waals surface area contributed by atoms with Crippen molar-refractivity contribution in [2.75, 3.05) is 18.5 Å². The molecule has 0 radical (unpaired) electrons. The van der Waals surface area contributed by atoms with E-state index in [4.69, 9.17) is 9.47 Å². The summed E-state index contributed by atoms with van der Waals surface area (Å²) in [6.45, 7) is 0.977. The van der Waals surface area contributed by atoms with Crippen molar-refractivity contribution in [2.45, 2.75) is 6.92 Å². The molecule has 1 aromatic heterocycles. The summed E-state index contributed by atoms with van der Waals surface area (Å²) in [6.07, 6.45) is 0. The summed E-state index contributed by atoms with van der Waals surface area (Å²) in [6, 6.07) is 12.0. The van der Waals surface area contributed by atoms with Crippen molar-refractivity contribution in [3.05, 3.63) is 82.3 Å². The fraction of sp³-hybridized carbons (Fsp3) is 0.143. The van der Waals surface area contributed by atoms with Crippen molar-refractivity contribution in [2.24, 2.45) is 0 Å². The van der Waals surface area contributed by atoms with Gasteiger partial charge in [-0.3, -0.25) is 9.59 Å². The molecule has 160 valence electrons. The van der Waals surface area contributed by atoms with Gasteiger partial charge in [-0.2, -0.15) is 9.78 Å². The number of ether oxygens (including phenoxy) is 2. The molecule has 2 aromatic carbocycles. The zero-order valence-electron chi connectivity index (χ0n) is 16.3. The number of nitrogens with one attached hydrogen (secondary N) is 1. The van der Waals surface area contributed by atoms with Crippen molar-refractivity contribution < 1.29 is 27.8 Å². The number of carbonyl (C=O) groups excluding carboxylic acids is 2. The van der Waals surface area contributed by atoms with E-state index in [2.05, 4.69) is 10.4 Å². The molecule has 0 unspecified atom stereocenters. The van der Waals surface area contributed by atoms with E-state index in [9.17, 15) is 23.2 Å². The first kappa shape index (κ1) is 21.6. The molecule has 0 saturated heterocycles. The summed E-state index contributed by atoms with van der Waals surface area (Å²) < 4.78 is 37.9. The first-order chi connectivity index (χ1) is 14.9. The van der Waals surface area contributed by atoms with E-state index in [0.717, 1.165) is 22.9 Å². The maximum absolute atomic E-state index is 13.7. The van der Waals surface area contributed by atoms with Crippen LogP contribution in [0.4, 0.5) is 14.5 Å². The number of rotatable bonds is 7. The zero-order valence-corrected chi connectivity index (χ0v) is 16.3. The van der Waals surface area contributed by atoms with E-state index in [1.165, 1.54) is 0 Å². The molecular weight excluding hydrogens is 412 g/mol. The molecule has 0 fully saturated rings. The second-order valence-electron chi connectivity index (χ2n) is 6.12. The fourth-order valence-electron chi connectivity index (χ4n) is 2.57. The third kappa shape index (κ3) is 5.30. The van der Waals surface area contributed by atoms with Gasteiger partial charge in [0.25, 0.3) is 11.5 Å². The Bertz CT molecular complexity index is 1170. The molecule has 0 atom stereocenters. The lowest BCUT2D eigenvalue weighted by molar-refractivity contribution is -0.118. The number of amides is 1. The topological polar surface area (TPSA) is 99.5 Å². The molecule has 0 aliphatic heterocycles. The van der Waals surface area contributed by atoms with Crippen LogP contribution in [0.25, 0.3) is 5.69 Å². The van der Waals surface area contributed by atoms with Gasteiger partial charge < -0.3 is 14.8 Å². The van der Waals surface area contributed by atoms with Crippen molar-refractivity contribution >= 4 is 17.6 Å². The highest BCUT2D eigenvalue weighted by Gasteiger charge is 2.21. The largest absolute Gasteiger partial charge is 0.481 e. The number of esters is 1. The van der Waals surface area contributed by atoms with Crippen LogP contribution in [-0.2, 0) is 9.53 Å². The lowest BCUT2D eigenvalue weighted by Gasteiger charge is -2.13. The Morgan fingerprint density at radius 1 is 1.10 bits per heavy atom. The van der Waals surface area contributed by atoms with Gasteiger partial charge in [0.1, 0.15) is 11.6 Å². The average Bonchev–Trinajstić information content (AvgIpc) is 2.75. The van der Waals surface area contributed by atoms with Gasteiger partial charge in [-0.25, -0.2) is 13.6 Å². The van der Waals surface area contributed by atoms with Gasteiger partial charge in [-0.05, 0) is 31.2 Å². The average molecular weight is 429 g/mol. The molecule has 1 N–H and O–H groups in total. The number of halogens is 2. The van der Waals surface area contributed by atoms with E-state index in [1.54, 1.807) is 37.3 Å². The molecule has 10 heteroatoms. The van der Waals surface area contributed by atoms with Gasteiger partial charge in [0.05, 0.1) is 24.0 Å². The Labute approximate surface area is 175 Å². The highest BCUT2D eigenvalue weighted by atomic mass is 19.1. The summed E-state index contributed by atoms with van der Waals surface area (Å²) in [5.74, 6) is -3.69. The van der Waals surface area contributed by atoms with Crippen LogP contribution < -0.4 is 15.6 Å². The van der Waals surface area contributed by atoms with Crippen molar-refractivity contribution in [1.29, 1.82) is 0 Å². The number of carbonyl (C=O) groups is 2. The summed E-state index contributed by atoms with van der Waals surface area (Å²) in [7, 11) is 0. The Hall–Kier alpha value is -4.08. The third-order valence-electron chi connectivity index (χ3n) is 3.93. The molecule has 8 nitrogen and oxygen atoms in total. The van der Waals surface area contributed by atoms with Crippen LogP contribution >= 0.6 is 0 Å². The minimum Gasteiger partial charge on any atom is -0.481 e. The van der Waals surface area contributed by atoms with Crippen LogP contribution in [0.3, 0.4) is 0 Å². The summed E-state index contributed by atoms with van der Waals surface area (Å²) in [5, 5.41) is 6.23. The number of nitrogens with zero attached hydrogens (tertiary/aromatic N) is 2. The fourth-order valence-corrected chi connectivity index (χ4v) is 2.57. The van der Waals surface area contributed by atoms with Gasteiger partial charge >= 0.3 is 5.97 Å². The summed E-state index contributed by atoms with van der Waals surface area (Å²) in [4.78, 5) is 36.9. The Balaban J connectivity index is 1.84. The molecular formula is C21H17F2N3O5. The van der Waals surface area contributed by atoms with E-state index in [0.29, 0.717) is 11.8 Å². The Morgan fingerprint density at radius 2 is 1.84 bits per heavy atom. The van der Waals surface area contributed by atoms with Gasteiger partial charge in [0.2, 0.25) is 5.69 Å². The number of benzene rings is 2. The predicted octanol–water partition coefficient (Wildman–Crippen LogP) is 2.70. The van der Waals surface area contributed by atoms with Crippen LogP contribution in [0, 0.1) is 11.6 Å². The van der Waals surface area contributed by atoms with E-state index >= 15 is 0 Å². The number of aromatic nitrogens is 2. The predicted molar refractivity (Wildman–Crippen MR) is 106 cm³/mol. The maximum Gasteiger partial charge on any atom is 0.362 e. The van der Waals surface area contributed by atoms with Crippen LogP contribution in [0.2, 0.25) is 0 Å². The van der Waals surface area contributed by atoms with Gasteiger partial charge in [0.15, 0.2) is 12.4 Å². The quantitative estimate of drug-likeness (QED) is 0.580. The lowest BCUT2D eigenvalue weighted by Crippen LogP contribution is -2.27. The summed E-state index contributed by atoms with van der Waals surface area (Å²) in [5.41, 5.74) is -0.766. The van der Waals surface area contributed by atoms with E-state index in [-0.39, 0.29) is 23.7 Å². The smallest absolute Gasteiger partial charge is 0.362 e. The molecule has 0 bridgehead atoms. The van der Waals surface area contributed by atoms with E-state index in [1.807, 2.05) is 0 Å². The molecule has 3 rings (SSSR count). The van der Waals surface area contributed by atoms with Gasteiger partial charge in [-0.15, -0.1) is 0 Å². The van der Waals surface area contributed by atoms with Gasteiger partial charge in [0, 0.05) is 6.07 Å². The minimum absolute atomic E-state index is 0.0503. The molecule has 0 aliphatic rings. The second-order valence-corrected chi connectivity index (χ2v) is 6.12. The lowest BCUT2D eigenvalue weighted by atomic mass is 10.3. The number of anilines is 1. The van der Waals surface area contributed by atoms with Crippen LogP contribution in [0.15, 0.2) is 59.4 Å². The maximum atomic E-state index is 13.7. The monoisotopic (exact) mass is 429 g/mol. The normalized spacial score (nSPS) is 10.4. The van der Waals surface area contributed by atoms with Crippen LogP contribution in [0.5, 0.6) is 5.75 Å². The Morgan fingerprint density at radius 3 is 2.52 bits per heavy atom. The molecule has 0 aliphatic carbocycles.